The van der Waals surface area contributed by atoms with Gasteiger partial charge in [-0.05, 0) is 6.07 Å². The molecule has 0 spiro atoms. The molecule has 0 aromatic heterocycles. The van der Waals surface area contributed by atoms with Crippen molar-refractivity contribution in [1.82, 2.24) is 5.43 Å². The van der Waals surface area contributed by atoms with Gasteiger partial charge in [0.2, 0.25) is 0 Å². The van der Waals surface area contributed by atoms with E-state index in [4.69, 9.17) is 15.3 Å². The van der Waals surface area contributed by atoms with E-state index in [-0.39, 0.29) is 17.9 Å². The molecule has 0 aliphatic carbocycles. The third-order valence-electron chi connectivity index (χ3n) is 2.87. The van der Waals surface area contributed by atoms with E-state index in [2.05, 4.69) is 10.2 Å². The fourth-order valence-electron chi connectivity index (χ4n) is 2.05. The van der Waals surface area contributed by atoms with Crippen molar-refractivity contribution >= 4 is 0 Å². The van der Waals surface area contributed by atoms with E-state index in [1.165, 1.54) is 18.2 Å². The molecule has 1 fully saturated rings. The Labute approximate surface area is 113 Å². The van der Waals surface area contributed by atoms with Gasteiger partial charge in [-0.15, -0.1) is 13.2 Å². The molecule has 1 aliphatic heterocycles. The number of nitrogens with one attached hydrogen (secondary N) is 1. The summed E-state index contributed by atoms with van der Waals surface area (Å²) in [4.78, 5) is 0. The van der Waals surface area contributed by atoms with Crippen molar-refractivity contribution in [3.8, 4) is 5.75 Å². The van der Waals surface area contributed by atoms with Crippen LogP contribution in [0.4, 0.5) is 13.2 Å². The van der Waals surface area contributed by atoms with E-state index in [0.717, 1.165) is 0 Å². The highest BCUT2D eigenvalue weighted by Crippen LogP contribution is 2.32. The van der Waals surface area contributed by atoms with Gasteiger partial charge in [0.05, 0.1) is 25.9 Å². The summed E-state index contributed by atoms with van der Waals surface area (Å²) in [5.74, 6) is 5.14. The zero-order valence-electron chi connectivity index (χ0n) is 10.5. The smallest absolute Gasteiger partial charge is 0.405 e. The van der Waals surface area contributed by atoms with Gasteiger partial charge in [-0.2, -0.15) is 0 Å². The Kier molecular flexibility index (Phi) is 4.81. The molecule has 2 unspecified atom stereocenters. The van der Waals surface area contributed by atoms with Crippen LogP contribution in [-0.2, 0) is 9.47 Å². The predicted molar refractivity (Wildman–Crippen MR) is 63.7 cm³/mol. The maximum Gasteiger partial charge on any atom is 0.573 e. The van der Waals surface area contributed by atoms with E-state index in [9.17, 15) is 13.2 Å². The lowest BCUT2D eigenvalue weighted by molar-refractivity contribution is -0.275. The summed E-state index contributed by atoms with van der Waals surface area (Å²) in [6.07, 6.45) is -5.24. The first-order valence-corrected chi connectivity index (χ1v) is 6.01. The highest BCUT2D eigenvalue weighted by molar-refractivity contribution is 5.36. The Morgan fingerprint density at radius 1 is 1.30 bits per heavy atom. The van der Waals surface area contributed by atoms with E-state index >= 15 is 0 Å². The van der Waals surface area contributed by atoms with Gasteiger partial charge in [0.25, 0.3) is 0 Å². The van der Waals surface area contributed by atoms with Crippen LogP contribution < -0.4 is 16.0 Å². The van der Waals surface area contributed by atoms with Crippen LogP contribution >= 0.6 is 0 Å². The molecule has 20 heavy (non-hydrogen) atoms. The molecule has 2 rings (SSSR count). The van der Waals surface area contributed by atoms with Gasteiger partial charge >= 0.3 is 6.36 Å². The number of hydrazine groups is 1. The molecule has 1 saturated heterocycles. The minimum Gasteiger partial charge on any atom is -0.405 e. The number of alkyl halides is 3. The lowest BCUT2D eigenvalue weighted by atomic mass is 10.0. The first kappa shape index (κ1) is 15.0. The molecule has 112 valence electrons. The fourth-order valence-corrected chi connectivity index (χ4v) is 2.05. The van der Waals surface area contributed by atoms with Gasteiger partial charge in [0, 0.05) is 5.56 Å². The Bertz CT molecular complexity index is 436. The monoisotopic (exact) mass is 292 g/mol. The summed E-state index contributed by atoms with van der Waals surface area (Å²) in [5.41, 5.74) is 2.73. The standard InChI is InChI=1S/C12H15F3N2O3/c13-12(14,15)20-9-4-2-1-3-8(9)11(17-16)10-7-18-5-6-19-10/h1-4,10-11,17H,5-7,16H2. The molecule has 1 aliphatic rings. The second kappa shape index (κ2) is 6.40. The van der Waals surface area contributed by atoms with Crippen LogP contribution in [0.2, 0.25) is 0 Å². The predicted octanol–water partition coefficient (Wildman–Crippen LogP) is 1.50. The highest BCUT2D eigenvalue weighted by Gasteiger charge is 2.34. The SMILES string of the molecule is NNC(c1ccccc1OC(F)(F)F)C1COCCO1. The molecule has 0 amide bonds. The van der Waals surface area contributed by atoms with E-state index in [0.29, 0.717) is 13.2 Å². The average Bonchev–Trinajstić information content (AvgIpc) is 2.41. The first-order chi connectivity index (χ1) is 9.51. The molecule has 5 nitrogen and oxygen atoms in total. The minimum absolute atomic E-state index is 0.245. The Balaban J connectivity index is 2.24. The van der Waals surface area contributed by atoms with Crippen LogP contribution in [0.3, 0.4) is 0 Å². The van der Waals surface area contributed by atoms with Crippen LogP contribution in [0, 0.1) is 0 Å². The van der Waals surface area contributed by atoms with E-state index in [1.54, 1.807) is 6.07 Å². The summed E-state index contributed by atoms with van der Waals surface area (Å²) in [6, 6.07) is 5.14. The number of para-hydroxylation sites is 1. The lowest BCUT2D eigenvalue weighted by Crippen LogP contribution is -2.43. The number of halogens is 3. The van der Waals surface area contributed by atoms with Crippen molar-refractivity contribution in [1.29, 1.82) is 0 Å². The molecule has 0 radical (unpaired) electrons. The number of benzene rings is 1. The molecule has 0 bridgehead atoms. The molecular weight excluding hydrogens is 277 g/mol. The first-order valence-electron chi connectivity index (χ1n) is 6.01. The number of hydrogen-bond acceptors (Lipinski definition) is 5. The van der Waals surface area contributed by atoms with E-state index < -0.39 is 18.5 Å². The molecular formula is C12H15F3N2O3. The molecule has 0 saturated carbocycles. The van der Waals surface area contributed by atoms with Crippen molar-refractivity contribution < 1.29 is 27.4 Å². The summed E-state index contributed by atoms with van der Waals surface area (Å²) >= 11 is 0. The van der Waals surface area contributed by atoms with E-state index in [1.807, 2.05) is 0 Å². The number of nitrogens with two attached hydrogens (primary N) is 1. The van der Waals surface area contributed by atoms with Crippen molar-refractivity contribution in [2.75, 3.05) is 19.8 Å². The van der Waals surface area contributed by atoms with Crippen molar-refractivity contribution in [2.24, 2.45) is 5.84 Å². The molecule has 3 N–H and O–H groups in total. The molecule has 8 heteroatoms. The maximum absolute atomic E-state index is 12.4. The summed E-state index contributed by atoms with van der Waals surface area (Å²) < 4.78 is 51.9. The maximum atomic E-state index is 12.4. The average molecular weight is 292 g/mol. The van der Waals surface area contributed by atoms with Gasteiger partial charge in [-0.1, -0.05) is 18.2 Å². The van der Waals surface area contributed by atoms with Crippen LogP contribution in [0.5, 0.6) is 5.75 Å². The van der Waals surface area contributed by atoms with Crippen LogP contribution in [-0.4, -0.2) is 32.3 Å². The molecule has 2 atom stereocenters. The quantitative estimate of drug-likeness (QED) is 0.650. The number of ether oxygens (including phenoxy) is 3. The third-order valence-corrected chi connectivity index (χ3v) is 2.87. The number of rotatable bonds is 4. The summed E-state index contributed by atoms with van der Waals surface area (Å²) in [7, 11) is 0. The van der Waals surface area contributed by atoms with Gasteiger partial charge in [-0.25, -0.2) is 0 Å². The van der Waals surface area contributed by atoms with Gasteiger partial charge < -0.3 is 14.2 Å². The zero-order valence-corrected chi connectivity index (χ0v) is 10.5. The van der Waals surface area contributed by atoms with Gasteiger partial charge in [-0.3, -0.25) is 11.3 Å². The van der Waals surface area contributed by atoms with Gasteiger partial charge in [0.15, 0.2) is 0 Å². The van der Waals surface area contributed by atoms with Crippen LogP contribution in [0.25, 0.3) is 0 Å². The Morgan fingerprint density at radius 3 is 2.65 bits per heavy atom. The molecule has 1 aromatic rings. The Morgan fingerprint density at radius 2 is 2.05 bits per heavy atom. The topological polar surface area (TPSA) is 65.7 Å². The largest absolute Gasteiger partial charge is 0.573 e. The highest BCUT2D eigenvalue weighted by atomic mass is 19.4. The third kappa shape index (κ3) is 3.83. The van der Waals surface area contributed by atoms with Gasteiger partial charge in [0.1, 0.15) is 11.9 Å². The van der Waals surface area contributed by atoms with Crippen molar-refractivity contribution in [3.63, 3.8) is 0 Å². The summed E-state index contributed by atoms with van der Waals surface area (Å²) in [6.45, 7) is 1.06. The fraction of sp³-hybridized carbons (Fsp3) is 0.500. The second-order valence-electron chi connectivity index (χ2n) is 4.21. The molecule has 1 heterocycles. The van der Waals surface area contributed by atoms with Crippen LogP contribution in [0.1, 0.15) is 11.6 Å². The zero-order chi connectivity index (χ0) is 14.6. The molecule has 1 aromatic carbocycles. The van der Waals surface area contributed by atoms with Crippen molar-refractivity contribution in [2.45, 2.75) is 18.5 Å². The second-order valence-corrected chi connectivity index (χ2v) is 4.21. The van der Waals surface area contributed by atoms with Crippen molar-refractivity contribution in [3.05, 3.63) is 29.8 Å². The normalized spacial score (nSPS) is 21.5. The number of hydrogen-bond donors (Lipinski definition) is 2. The lowest BCUT2D eigenvalue weighted by Gasteiger charge is -2.31. The summed E-state index contributed by atoms with van der Waals surface area (Å²) in [5, 5.41) is 0. The Hall–Kier alpha value is -1.35. The minimum atomic E-state index is -4.76. The van der Waals surface area contributed by atoms with Crippen LogP contribution in [0.15, 0.2) is 24.3 Å².